The average Bonchev–Trinajstić information content (AvgIpc) is 2.95. The molecule has 20 heavy (non-hydrogen) atoms. The molecule has 104 valence electrons. The number of fused-ring (bicyclic) bond motifs is 1. The van der Waals surface area contributed by atoms with Gasteiger partial charge in [-0.05, 0) is 24.0 Å². The van der Waals surface area contributed by atoms with Crippen molar-refractivity contribution in [1.29, 1.82) is 0 Å². The van der Waals surface area contributed by atoms with Crippen molar-refractivity contribution in [3.05, 3.63) is 53.3 Å². The van der Waals surface area contributed by atoms with Crippen LogP contribution in [0.2, 0.25) is 0 Å². The van der Waals surface area contributed by atoms with Gasteiger partial charge in [-0.3, -0.25) is 9.48 Å². The summed E-state index contributed by atoms with van der Waals surface area (Å²) in [5.41, 5.74) is 3.06. The molecule has 0 spiro atoms. The van der Waals surface area contributed by atoms with Crippen LogP contribution < -0.4 is 5.32 Å². The fraction of sp³-hybridized carbons (Fsp3) is 0.375. The maximum absolute atomic E-state index is 12.7. The van der Waals surface area contributed by atoms with Crippen molar-refractivity contribution < 1.29 is 4.79 Å². The number of ketones is 1. The molecule has 0 fully saturated rings. The smallest absolute Gasteiger partial charge is 0.187 e. The number of hydrogen-bond acceptors (Lipinski definition) is 3. The van der Waals surface area contributed by atoms with Crippen LogP contribution in [0.4, 0.5) is 0 Å². The van der Waals surface area contributed by atoms with Gasteiger partial charge in [0.05, 0.1) is 17.8 Å². The van der Waals surface area contributed by atoms with Crippen molar-refractivity contribution in [3.8, 4) is 0 Å². The lowest BCUT2D eigenvalue weighted by Gasteiger charge is -2.25. The number of carbonyl (C=O) groups is 1. The molecule has 4 nitrogen and oxygen atoms in total. The zero-order valence-electron chi connectivity index (χ0n) is 11.7. The third kappa shape index (κ3) is 2.39. The number of carbonyl (C=O) groups excluding carboxylic acids is 1. The molecule has 2 aromatic rings. The first-order chi connectivity index (χ1) is 9.79. The van der Waals surface area contributed by atoms with E-state index in [4.69, 9.17) is 0 Å². The van der Waals surface area contributed by atoms with Crippen LogP contribution in [-0.4, -0.2) is 22.1 Å². The highest BCUT2D eigenvalue weighted by atomic mass is 16.1. The van der Waals surface area contributed by atoms with Gasteiger partial charge in [-0.15, -0.1) is 0 Å². The summed E-state index contributed by atoms with van der Waals surface area (Å²) in [4.78, 5) is 12.7. The molecule has 0 aliphatic carbocycles. The monoisotopic (exact) mass is 269 g/mol. The molecule has 0 radical (unpaired) electrons. The maximum atomic E-state index is 12.7. The summed E-state index contributed by atoms with van der Waals surface area (Å²) in [6.45, 7) is 3.79. The Morgan fingerprint density at radius 1 is 1.45 bits per heavy atom. The average molecular weight is 269 g/mol. The Kier molecular flexibility index (Phi) is 3.65. The maximum Gasteiger partial charge on any atom is 0.187 e. The van der Waals surface area contributed by atoms with Crippen molar-refractivity contribution in [3.63, 3.8) is 0 Å². The highest BCUT2D eigenvalue weighted by Crippen LogP contribution is 2.25. The highest BCUT2D eigenvalue weighted by Gasteiger charge is 2.27. The SMILES string of the molecule is CCCn1cc(C(=O)C2NCCc3ccccc32)cn1. The normalized spacial score (nSPS) is 17.8. The summed E-state index contributed by atoms with van der Waals surface area (Å²) in [6, 6.07) is 7.94. The molecule has 1 aliphatic rings. The Labute approximate surface area is 118 Å². The number of nitrogens with one attached hydrogen (secondary N) is 1. The van der Waals surface area contributed by atoms with Gasteiger partial charge in [0.25, 0.3) is 0 Å². The van der Waals surface area contributed by atoms with E-state index < -0.39 is 0 Å². The van der Waals surface area contributed by atoms with Gasteiger partial charge in [-0.25, -0.2) is 0 Å². The summed E-state index contributed by atoms with van der Waals surface area (Å²) < 4.78 is 1.84. The predicted molar refractivity (Wildman–Crippen MR) is 77.7 cm³/mol. The van der Waals surface area contributed by atoms with Crippen molar-refractivity contribution in [2.45, 2.75) is 32.4 Å². The summed E-state index contributed by atoms with van der Waals surface area (Å²) in [5.74, 6) is 0.111. The summed E-state index contributed by atoms with van der Waals surface area (Å²) in [7, 11) is 0. The fourth-order valence-electron chi connectivity index (χ4n) is 2.75. The first-order valence-corrected chi connectivity index (χ1v) is 7.17. The molecule has 0 bridgehead atoms. The number of benzene rings is 1. The lowest BCUT2D eigenvalue weighted by molar-refractivity contribution is 0.0939. The van der Waals surface area contributed by atoms with Crippen molar-refractivity contribution in [2.24, 2.45) is 0 Å². The Balaban J connectivity index is 1.87. The molecular formula is C16H19N3O. The number of hydrogen-bond donors (Lipinski definition) is 1. The first kappa shape index (κ1) is 13.1. The molecule has 0 amide bonds. The molecule has 1 unspecified atom stereocenters. The van der Waals surface area contributed by atoms with Crippen LogP contribution >= 0.6 is 0 Å². The number of aryl methyl sites for hydroxylation is 1. The van der Waals surface area contributed by atoms with Gasteiger partial charge < -0.3 is 5.32 Å². The van der Waals surface area contributed by atoms with E-state index in [1.807, 2.05) is 29.1 Å². The van der Waals surface area contributed by atoms with Crippen molar-refractivity contribution in [2.75, 3.05) is 6.54 Å². The Hall–Kier alpha value is -1.94. The van der Waals surface area contributed by atoms with E-state index in [9.17, 15) is 4.79 Å². The minimum atomic E-state index is -0.237. The van der Waals surface area contributed by atoms with E-state index in [0.29, 0.717) is 5.56 Å². The molecule has 1 aromatic carbocycles. The molecular weight excluding hydrogens is 250 g/mol. The van der Waals surface area contributed by atoms with Crippen LogP contribution in [0, 0.1) is 0 Å². The number of rotatable bonds is 4. The summed E-state index contributed by atoms with van der Waals surface area (Å²) >= 11 is 0. The molecule has 1 N–H and O–H groups in total. The first-order valence-electron chi connectivity index (χ1n) is 7.17. The molecule has 1 aromatic heterocycles. The number of Topliss-reactive ketones (excluding diaryl/α,β-unsaturated/α-hetero) is 1. The molecule has 3 rings (SSSR count). The van der Waals surface area contributed by atoms with Gasteiger partial charge >= 0.3 is 0 Å². The number of nitrogens with zero attached hydrogens (tertiary/aromatic N) is 2. The topological polar surface area (TPSA) is 46.9 Å². The molecule has 1 atom stereocenters. The van der Waals surface area contributed by atoms with E-state index in [2.05, 4.69) is 23.4 Å². The second-order valence-corrected chi connectivity index (χ2v) is 5.19. The largest absolute Gasteiger partial charge is 0.303 e. The molecule has 1 aliphatic heterocycles. The Morgan fingerprint density at radius 3 is 3.15 bits per heavy atom. The standard InChI is InChI=1S/C16H19N3O/c1-2-9-19-11-13(10-18-19)16(20)15-14-6-4-3-5-12(14)7-8-17-15/h3-6,10-11,15,17H,2,7-9H2,1H3. The quantitative estimate of drug-likeness (QED) is 0.867. The predicted octanol–water partition coefficient (Wildman–Crippen LogP) is 2.36. The van der Waals surface area contributed by atoms with E-state index >= 15 is 0 Å². The summed E-state index contributed by atoms with van der Waals surface area (Å²) in [5, 5.41) is 7.57. The molecule has 0 saturated heterocycles. The van der Waals surface area contributed by atoms with Gasteiger partial charge in [-0.2, -0.15) is 5.10 Å². The van der Waals surface area contributed by atoms with E-state index in [-0.39, 0.29) is 11.8 Å². The minimum Gasteiger partial charge on any atom is -0.303 e. The second-order valence-electron chi connectivity index (χ2n) is 5.19. The Bertz CT molecular complexity index is 618. The van der Waals surface area contributed by atoms with Crippen LogP contribution in [0.5, 0.6) is 0 Å². The van der Waals surface area contributed by atoms with Gasteiger partial charge in [0.1, 0.15) is 0 Å². The van der Waals surface area contributed by atoms with Crippen LogP contribution in [0.25, 0.3) is 0 Å². The van der Waals surface area contributed by atoms with Crippen molar-refractivity contribution in [1.82, 2.24) is 15.1 Å². The lowest BCUT2D eigenvalue weighted by Crippen LogP contribution is -2.35. The third-order valence-electron chi connectivity index (χ3n) is 3.74. The minimum absolute atomic E-state index is 0.111. The highest BCUT2D eigenvalue weighted by molar-refractivity contribution is 6.00. The van der Waals surface area contributed by atoms with Crippen LogP contribution in [0.15, 0.2) is 36.7 Å². The lowest BCUT2D eigenvalue weighted by atomic mass is 9.90. The fourth-order valence-corrected chi connectivity index (χ4v) is 2.75. The van der Waals surface area contributed by atoms with Crippen LogP contribution in [0.3, 0.4) is 0 Å². The zero-order chi connectivity index (χ0) is 13.9. The van der Waals surface area contributed by atoms with Crippen molar-refractivity contribution >= 4 is 5.78 Å². The molecule has 0 saturated carbocycles. The Morgan fingerprint density at radius 2 is 2.30 bits per heavy atom. The van der Waals surface area contributed by atoms with E-state index in [1.165, 1.54) is 5.56 Å². The van der Waals surface area contributed by atoms with Gasteiger partial charge in [0.15, 0.2) is 5.78 Å². The van der Waals surface area contributed by atoms with Crippen LogP contribution in [0.1, 0.15) is 40.9 Å². The third-order valence-corrected chi connectivity index (χ3v) is 3.74. The number of aromatic nitrogens is 2. The zero-order valence-corrected chi connectivity index (χ0v) is 11.7. The summed E-state index contributed by atoms with van der Waals surface area (Å²) in [6.07, 6.45) is 5.52. The van der Waals surface area contributed by atoms with Gasteiger partial charge in [0.2, 0.25) is 0 Å². The molecule has 2 heterocycles. The molecule has 4 heteroatoms. The van der Waals surface area contributed by atoms with Gasteiger partial charge in [-0.1, -0.05) is 31.2 Å². The van der Waals surface area contributed by atoms with Gasteiger partial charge in [0, 0.05) is 19.3 Å². The van der Waals surface area contributed by atoms with Crippen LogP contribution in [-0.2, 0) is 13.0 Å². The second kappa shape index (κ2) is 5.59. The van der Waals surface area contributed by atoms with E-state index in [0.717, 1.165) is 31.5 Å². The van der Waals surface area contributed by atoms with E-state index in [1.54, 1.807) is 6.20 Å².